The second-order valence-corrected chi connectivity index (χ2v) is 5.80. The average molecular weight is 262 g/mol. The van der Waals surface area contributed by atoms with Crippen LogP contribution in [0.4, 0.5) is 0 Å². The molecular weight excluding hydrogens is 240 g/mol. The van der Waals surface area contributed by atoms with Gasteiger partial charge in [0, 0.05) is 12.3 Å². The highest BCUT2D eigenvalue weighted by atomic mass is 16.4. The van der Waals surface area contributed by atoms with Gasteiger partial charge in [0.15, 0.2) is 0 Å². The molecule has 0 aromatic rings. The van der Waals surface area contributed by atoms with E-state index in [1.165, 1.54) is 5.57 Å². The summed E-state index contributed by atoms with van der Waals surface area (Å²) in [5.74, 6) is 3.39. The molecule has 0 saturated heterocycles. The summed E-state index contributed by atoms with van der Waals surface area (Å²) < 4.78 is 0. The average Bonchev–Trinajstić information content (AvgIpc) is 2.38. The molecule has 2 saturated carbocycles. The Labute approximate surface area is 114 Å². The maximum atomic E-state index is 10.5. The van der Waals surface area contributed by atoms with Crippen molar-refractivity contribution >= 4 is 5.97 Å². The molecular formula is C16H22O3. The van der Waals surface area contributed by atoms with Gasteiger partial charge in [-0.2, -0.15) is 0 Å². The molecule has 0 aromatic heterocycles. The lowest BCUT2D eigenvalue weighted by Crippen LogP contribution is -2.49. The van der Waals surface area contributed by atoms with E-state index in [9.17, 15) is 9.90 Å². The van der Waals surface area contributed by atoms with Crippen LogP contribution in [0.15, 0.2) is 11.6 Å². The van der Waals surface area contributed by atoms with Crippen LogP contribution in [-0.4, -0.2) is 22.3 Å². The molecule has 5 unspecified atom stereocenters. The van der Waals surface area contributed by atoms with Crippen LogP contribution in [0.2, 0.25) is 0 Å². The van der Waals surface area contributed by atoms with Gasteiger partial charge in [-0.15, -0.1) is 12.3 Å². The Bertz CT molecular complexity index is 418. The van der Waals surface area contributed by atoms with Crippen LogP contribution in [0.5, 0.6) is 0 Å². The summed E-state index contributed by atoms with van der Waals surface area (Å²) in [6.45, 7) is 2.17. The zero-order valence-electron chi connectivity index (χ0n) is 11.4. The van der Waals surface area contributed by atoms with Crippen molar-refractivity contribution in [3.63, 3.8) is 0 Å². The maximum absolute atomic E-state index is 10.5. The van der Waals surface area contributed by atoms with Crippen molar-refractivity contribution in [3.8, 4) is 12.3 Å². The fraction of sp³-hybridized carbons (Fsp3) is 0.688. The summed E-state index contributed by atoms with van der Waals surface area (Å²) in [7, 11) is 0. The lowest BCUT2D eigenvalue weighted by molar-refractivity contribution is -0.137. The van der Waals surface area contributed by atoms with E-state index in [1.807, 2.05) is 0 Å². The number of terminal acetylenes is 1. The maximum Gasteiger partial charge on any atom is 0.303 e. The van der Waals surface area contributed by atoms with Gasteiger partial charge in [0.1, 0.15) is 0 Å². The van der Waals surface area contributed by atoms with E-state index >= 15 is 0 Å². The highest BCUT2D eigenvalue weighted by molar-refractivity contribution is 5.66. The van der Waals surface area contributed by atoms with Gasteiger partial charge in [-0.25, -0.2) is 0 Å². The molecule has 3 nitrogen and oxygen atoms in total. The quantitative estimate of drug-likeness (QED) is 0.465. The monoisotopic (exact) mass is 262 g/mol. The van der Waals surface area contributed by atoms with E-state index in [0.717, 1.165) is 19.3 Å². The number of allylic oxidation sites excluding steroid dienone is 2. The molecule has 0 amide bonds. The van der Waals surface area contributed by atoms with E-state index in [1.54, 1.807) is 0 Å². The lowest BCUT2D eigenvalue weighted by Gasteiger charge is -2.53. The zero-order chi connectivity index (χ0) is 14.0. The fourth-order valence-corrected chi connectivity index (χ4v) is 3.80. The first kappa shape index (κ1) is 14.1. The predicted octanol–water partition coefficient (Wildman–Crippen LogP) is 2.45. The Kier molecular flexibility index (Phi) is 4.31. The van der Waals surface area contributed by atoms with Crippen molar-refractivity contribution < 1.29 is 15.0 Å². The molecule has 2 fully saturated rings. The molecule has 2 rings (SSSR count). The largest absolute Gasteiger partial charge is 0.481 e. The van der Waals surface area contributed by atoms with Crippen molar-refractivity contribution in [2.45, 2.75) is 45.1 Å². The molecule has 0 radical (unpaired) electrons. The number of aliphatic hydroxyl groups is 1. The van der Waals surface area contributed by atoms with E-state index in [4.69, 9.17) is 11.5 Å². The van der Waals surface area contributed by atoms with Crippen molar-refractivity contribution in [2.24, 2.45) is 23.7 Å². The smallest absolute Gasteiger partial charge is 0.303 e. The number of fused-ring (bicyclic) bond motifs is 1. The van der Waals surface area contributed by atoms with Crippen molar-refractivity contribution in [1.82, 2.24) is 0 Å². The Morgan fingerprint density at radius 2 is 2.26 bits per heavy atom. The summed E-state index contributed by atoms with van der Waals surface area (Å²) >= 11 is 0. The third-order valence-corrected chi connectivity index (χ3v) is 4.77. The highest BCUT2D eigenvalue weighted by Crippen LogP contribution is 2.55. The van der Waals surface area contributed by atoms with Gasteiger partial charge in [0.05, 0.1) is 6.10 Å². The number of carboxylic acids is 1. The lowest BCUT2D eigenvalue weighted by atomic mass is 9.51. The molecule has 0 aliphatic heterocycles. The number of rotatable bonds is 4. The zero-order valence-corrected chi connectivity index (χ0v) is 11.4. The number of aliphatic carboxylic acids is 1. The molecule has 19 heavy (non-hydrogen) atoms. The van der Waals surface area contributed by atoms with Gasteiger partial charge < -0.3 is 10.2 Å². The van der Waals surface area contributed by atoms with Crippen LogP contribution in [0.1, 0.15) is 39.0 Å². The first-order valence-electron chi connectivity index (χ1n) is 7.12. The van der Waals surface area contributed by atoms with Gasteiger partial charge >= 0.3 is 5.97 Å². The minimum absolute atomic E-state index is 0.00933. The molecule has 0 aromatic carbocycles. The number of aliphatic hydroxyl groups excluding tert-OH is 1. The SMILES string of the molecule is C#CC1C(O)CCC2C(=CCCCC(=O)O)C(C)C21. The van der Waals surface area contributed by atoms with Gasteiger partial charge in [-0.3, -0.25) is 4.79 Å². The number of carboxylic acid groups (broad SMARTS) is 1. The molecule has 2 N–H and O–H groups in total. The summed E-state index contributed by atoms with van der Waals surface area (Å²) in [5.41, 5.74) is 1.43. The second-order valence-electron chi connectivity index (χ2n) is 5.80. The molecule has 3 heteroatoms. The van der Waals surface area contributed by atoms with Crippen LogP contribution in [0.3, 0.4) is 0 Å². The minimum atomic E-state index is -0.730. The van der Waals surface area contributed by atoms with Crippen LogP contribution >= 0.6 is 0 Å². The Morgan fingerprint density at radius 3 is 2.89 bits per heavy atom. The fourth-order valence-electron chi connectivity index (χ4n) is 3.80. The number of hydrogen-bond donors (Lipinski definition) is 2. The Balaban J connectivity index is 1.94. The van der Waals surface area contributed by atoms with Gasteiger partial charge in [-0.05, 0) is 43.4 Å². The van der Waals surface area contributed by atoms with E-state index < -0.39 is 5.97 Å². The van der Waals surface area contributed by atoms with Gasteiger partial charge in [0.25, 0.3) is 0 Å². The van der Waals surface area contributed by atoms with E-state index in [0.29, 0.717) is 24.2 Å². The van der Waals surface area contributed by atoms with Crippen LogP contribution < -0.4 is 0 Å². The summed E-state index contributed by atoms with van der Waals surface area (Å²) in [6.07, 6.45) is 11.0. The third kappa shape index (κ3) is 2.69. The second kappa shape index (κ2) is 5.79. The van der Waals surface area contributed by atoms with Gasteiger partial charge in [-0.1, -0.05) is 18.6 Å². The van der Waals surface area contributed by atoms with Crippen molar-refractivity contribution in [3.05, 3.63) is 11.6 Å². The van der Waals surface area contributed by atoms with Gasteiger partial charge in [0.2, 0.25) is 0 Å². The molecule has 2 aliphatic carbocycles. The summed E-state index contributed by atoms with van der Waals surface area (Å²) in [4.78, 5) is 10.5. The third-order valence-electron chi connectivity index (χ3n) is 4.77. The van der Waals surface area contributed by atoms with Crippen molar-refractivity contribution in [2.75, 3.05) is 0 Å². The predicted molar refractivity (Wildman–Crippen MR) is 73.3 cm³/mol. The topological polar surface area (TPSA) is 57.5 Å². The molecule has 5 atom stereocenters. The minimum Gasteiger partial charge on any atom is -0.481 e. The number of carbonyl (C=O) groups is 1. The number of hydrogen-bond acceptors (Lipinski definition) is 2. The van der Waals surface area contributed by atoms with Crippen LogP contribution in [0.25, 0.3) is 0 Å². The molecule has 2 aliphatic rings. The first-order valence-corrected chi connectivity index (χ1v) is 7.12. The van der Waals surface area contributed by atoms with Crippen molar-refractivity contribution in [1.29, 1.82) is 0 Å². The van der Waals surface area contributed by atoms with E-state index in [2.05, 4.69) is 18.9 Å². The van der Waals surface area contributed by atoms with Crippen LogP contribution in [0, 0.1) is 36.0 Å². The Morgan fingerprint density at radius 1 is 1.53 bits per heavy atom. The van der Waals surface area contributed by atoms with Crippen LogP contribution in [-0.2, 0) is 4.79 Å². The molecule has 0 bridgehead atoms. The molecule has 0 heterocycles. The standard InChI is InChI=1S/C16H22O3/c1-3-11-14(17)9-8-13-12(10(2)16(11)13)6-4-5-7-15(18)19/h1,6,10-11,13-14,16-17H,4-5,7-9H2,2H3,(H,18,19). The highest BCUT2D eigenvalue weighted by Gasteiger charge is 2.50. The molecule has 0 spiro atoms. The first-order chi connectivity index (χ1) is 9.06. The summed E-state index contributed by atoms with van der Waals surface area (Å²) in [5, 5.41) is 18.6. The number of unbranched alkanes of at least 4 members (excludes halogenated alkanes) is 1. The van der Waals surface area contributed by atoms with E-state index in [-0.39, 0.29) is 18.4 Å². The molecule has 104 valence electrons. The Hall–Kier alpha value is -1.27. The normalized spacial score (nSPS) is 39.2. The summed E-state index contributed by atoms with van der Waals surface area (Å²) in [6, 6.07) is 0.